The first-order valence-corrected chi connectivity index (χ1v) is 9.35. The van der Waals surface area contributed by atoms with Crippen LogP contribution in [0, 0.1) is 28.6 Å². The van der Waals surface area contributed by atoms with E-state index in [0.29, 0.717) is 13.1 Å². The predicted molar refractivity (Wildman–Crippen MR) is 94.0 cm³/mol. The third-order valence-electron chi connectivity index (χ3n) is 5.16. The molecule has 2 aliphatic rings. The number of halogens is 6. The van der Waals surface area contributed by atoms with Crippen LogP contribution in [0.4, 0.5) is 31.1 Å². The third kappa shape index (κ3) is 6.08. The van der Waals surface area contributed by atoms with Gasteiger partial charge in [-0.15, -0.1) is 0 Å². The molecular formula is C17H22F6N4O4. The number of likely N-dealkylation sites (tertiary alicyclic amines) is 2. The third-order valence-corrected chi connectivity index (χ3v) is 5.16. The molecule has 3 unspecified atom stereocenters. The number of hydrogen-bond acceptors (Lipinski definition) is 7. The Kier molecular flexibility index (Phi) is 7.55. The fraction of sp³-hybridized carbons (Fsp3) is 0.765. The van der Waals surface area contributed by atoms with Crippen LogP contribution in [0.3, 0.4) is 0 Å². The van der Waals surface area contributed by atoms with Gasteiger partial charge in [0.1, 0.15) is 5.71 Å². The summed E-state index contributed by atoms with van der Waals surface area (Å²) in [6, 6.07) is 0. The molecule has 2 saturated heterocycles. The molecule has 31 heavy (non-hydrogen) atoms. The number of esters is 1. The van der Waals surface area contributed by atoms with E-state index in [1.165, 1.54) is 0 Å². The van der Waals surface area contributed by atoms with Gasteiger partial charge in [-0.25, -0.2) is 9.59 Å². The van der Waals surface area contributed by atoms with Gasteiger partial charge >= 0.3 is 24.4 Å². The number of nitrogens with zero attached hydrogens (tertiary/aromatic N) is 2. The van der Waals surface area contributed by atoms with Crippen LogP contribution in [-0.4, -0.2) is 91.6 Å². The molecule has 0 aromatic rings. The lowest BCUT2D eigenvalue weighted by atomic mass is 10.0. The highest BCUT2D eigenvalue weighted by atomic mass is 19.4. The highest BCUT2D eigenvalue weighted by Gasteiger charge is 2.60. The van der Waals surface area contributed by atoms with E-state index in [0.717, 1.165) is 11.1 Å². The molecule has 2 N–H and O–H groups in total. The summed E-state index contributed by atoms with van der Waals surface area (Å²) in [6.07, 6.45) is -16.5. The maximum absolute atomic E-state index is 12.6. The van der Waals surface area contributed by atoms with E-state index in [1.54, 1.807) is 6.92 Å². The van der Waals surface area contributed by atoms with Crippen LogP contribution in [-0.2, 0) is 14.3 Å². The molecule has 0 spiro atoms. The summed E-state index contributed by atoms with van der Waals surface area (Å²) in [5, 5.41) is 15.3. The van der Waals surface area contributed by atoms with Crippen molar-refractivity contribution >= 4 is 24.0 Å². The Morgan fingerprint density at radius 1 is 1.06 bits per heavy atom. The molecule has 1 amide bonds. The van der Waals surface area contributed by atoms with Crippen LogP contribution in [0.1, 0.15) is 6.92 Å². The highest BCUT2D eigenvalue weighted by Crippen LogP contribution is 2.37. The zero-order chi connectivity index (χ0) is 23.6. The lowest BCUT2D eigenvalue weighted by Crippen LogP contribution is -2.48. The van der Waals surface area contributed by atoms with E-state index >= 15 is 0 Å². The van der Waals surface area contributed by atoms with Gasteiger partial charge in [-0.3, -0.25) is 5.41 Å². The minimum absolute atomic E-state index is 0.0764. The summed E-state index contributed by atoms with van der Waals surface area (Å²) < 4.78 is 84.0. The van der Waals surface area contributed by atoms with Crippen molar-refractivity contribution in [2.75, 3.05) is 39.3 Å². The van der Waals surface area contributed by atoms with Crippen LogP contribution < -0.4 is 0 Å². The smallest absolute Gasteiger partial charge is 0.434 e. The molecule has 2 rings (SSSR count). The Labute approximate surface area is 173 Å². The number of fused-ring (bicyclic) bond motifs is 1. The second-order valence-electron chi connectivity index (χ2n) is 7.40. The van der Waals surface area contributed by atoms with Crippen molar-refractivity contribution in [1.29, 1.82) is 10.8 Å². The average molecular weight is 460 g/mol. The van der Waals surface area contributed by atoms with Gasteiger partial charge in [0.05, 0.1) is 12.5 Å². The maximum Gasteiger partial charge on any atom is 0.434 e. The molecule has 2 fully saturated rings. The Morgan fingerprint density at radius 3 is 2.00 bits per heavy atom. The summed E-state index contributed by atoms with van der Waals surface area (Å²) in [7, 11) is 0. The van der Waals surface area contributed by atoms with Gasteiger partial charge in [0, 0.05) is 38.9 Å². The van der Waals surface area contributed by atoms with Crippen LogP contribution in [0.15, 0.2) is 0 Å². The number of amides is 1. The number of nitrogens with one attached hydrogen (secondary N) is 2. The molecule has 14 heteroatoms. The van der Waals surface area contributed by atoms with Crippen LogP contribution >= 0.6 is 0 Å². The van der Waals surface area contributed by atoms with E-state index in [4.69, 9.17) is 15.6 Å². The molecule has 3 atom stereocenters. The predicted octanol–water partition coefficient (Wildman–Crippen LogP) is 2.33. The molecule has 8 nitrogen and oxygen atoms in total. The van der Waals surface area contributed by atoms with Crippen molar-refractivity contribution < 1.29 is 45.4 Å². The van der Waals surface area contributed by atoms with Crippen LogP contribution in [0.2, 0.25) is 0 Å². The molecule has 0 aromatic heterocycles. The number of carbonyl (C=O) groups excluding carboxylic acids is 2. The molecular weight excluding hydrogens is 438 g/mol. The lowest BCUT2D eigenvalue weighted by molar-refractivity contribution is -0.308. The van der Waals surface area contributed by atoms with Crippen molar-refractivity contribution in [3.8, 4) is 0 Å². The average Bonchev–Trinajstić information content (AvgIpc) is 3.20. The van der Waals surface area contributed by atoms with Crippen molar-refractivity contribution in [3.05, 3.63) is 0 Å². The van der Waals surface area contributed by atoms with Crippen molar-refractivity contribution in [3.63, 3.8) is 0 Å². The molecule has 2 aliphatic heterocycles. The van der Waals surface area contributed by atoms with Gasteiger partial charge in [0.25, 0.3) is 6.10 Å². The first-order chi connectivity index (χ1) is 14.3. The fourth-order valence-electron chi connectivity index (χ4n) is 3.75. The summed E-state index contributed by atoms with van der Waals surface area (Å²) >= 11 is 0. The van der Waals surface area contributed by atoms with Crippen molar-refractivity contribution in [1.82, 2.24) is 9.80 Å². The molecule has 0 aliphatic carbocycles. The quantitative estimate of drug-likeness (QED) is 0.345. The van der Waals surface area contributed by atoms with Crippen LogP contribution in [0.25, 0.3) is 0 Å². The van der Waals surface area contributed by atoms with E-state index in [9.17, 15) is 35.9 Å². The monoisotopic (exact) mass is 460 g/mol. The van der Waals surface area contributed by atoms with Crippen molar-refractivity contribution in [2.24, 2.45) is 17.8 Å². The zero-order valence-electron chi connectivity index (χ0n) is 16.4. The topological polar surface area (TPSA) is 107 Å². The zero-order valence-corrected chi connectivity index (χ0v) is 16.4. The summed E-state index contributed by atoms with van der Waals surface area (Å²) in [5.74, 6) is -2.09. The van der Waals surface area contributed by atoms with Gasteiger partial charge in [-0.05, 0) is 18.8 Å². The Hall–Kier alpha value is -2.38. The van der Waals surface area contributed by atoms with Gasteiger partial charge in [-0.1, -0.05) is 0 Å². The Balaban J connectivity index is 1.91. The van der Waals surface area contributed by atoms with E-state index in [1.807, 2.05) is 4.90 Å². The largest absolute Gasteiger partial charge is 0.462 e. The number of carbonyl (C=O) groups is 2. The van der Waals surface area contributed by atoms with E-state index < -0.39 is 36.4 Å². The SMILES string of the molecule is CCOC(=O)C(=N)C(C=N)CN1CC2CN(C(=O)OC(C(F)(F)F)C(F)(F)F)CC2C1. The molecule has 2 heterocycles. The number of hydrogen-bond donors (Lipinski definition) is 2. The maximum atomic E-state index is 12.6. The van der Waals surface area contributed by atoms with E-state index in [2.05, 4.69) is 4.74 Å². The molecule has 0 radical (unpaired) electrons. The second-order valence-corrected chi connectivity index (χ2v) is 7.40. The van der Waals surface area contributed by atoms with Gasteiger partial charge < -0.3 is 24.7 Å². The Bertz CT molecular complexity index is 686. The first kappa shape index (κ1) is 24.9. The highest BCUT2D eigenvalue weighted by molar-refractivity contribution is 6.38. The number of rotatable bonds is 7. The molecule has 176 valence electrons. The second kappa shape index (κ2) is 9.40. The first-order valence-electron chi connectivity index (χ1n) is 9.35. The van der Waals surface area contributed by atoms with Gasteiger partial charge in [0.2, 0.25) is 0 Å². The standard InChI is InChI=1S/C17H22F6N4O4/c1-2-30-13(28)12(25)9(3-24)4-26-5-10-7-27(8-11(10)6-26)15(29)31-14(16(18,19)20)17(21,22)23/h3,9-11,14,24-25H,2,4-8H2,1H3. The molecule has 0 saturated carbocycles. The minimum Gasteiger partial charge on any atom is -0.462 e. The normalized spacial score (nSPS) is 22.9. The summed E-state index contributed by atoms with van der Waals surface area (Å²) in [6.45, 7) is 2.35. The number of alkyl halides is 6. The van der Waals surface area contributed by atoms with Crippen molar-refractivity contribution in [2.45, 2.75) is 25.4 Å². The van der Waals surface area contributed by atoms with Gasteiger partial charge in [0.15, 0.2) is 0 Å². The lowest BCUT2D eigenvalue weighted by Gasteiger charge is -2.27. The van der Waals surface area contributed by atoms with Gasteiger partial charge in [-0.2, -0.15) is 26.3 Å². The molecule has 0 aromatic carbocycles. The minimum atomic E-state index is -5.77. The molecule has 0 bridgehead atoms. The number of ether oxygens (including phenoxy) is 2. The Morgan fingerprint density at radius 2 is 1.58 bits per heavy atom. The fourth-order valence-corrected chi connectivity index (χ4v) is 3.75. The van der Waals surface area contributed by atoms with Crippen LogP contribution in [0.5, 0.6) is 0 Å². The van der Waals surface area contributed by atoms with E-state index in [-0.39, 0.29) is 43.8 Å². The summed E-state index contributed by atoms with van der Waals surface area (Å²) in [4.78, 5) is 26.2. The summed E-state index contributed by atoms with van der Waals surface area (Å²) in [5.41, 5.74) is -0.385.